The van der Waals surface area contributed by atoms with Crippen molar-refractivity contribution in [2.24, 2.45) is 0 Å². The lowest BCUT2D eigenvalue weighted by Crippen LogP contribution is -2.27. The van der Waals surface area contributed by atoms with Gasteiger partial charge < -0.3 is 10.3 Å². The summed E-state index contributed by atoms with van der Waals surface area (Å²) in [6.45, 7) is 4.85. The zero-order valence-corrected chi connectivity index (χ0v) is 12.1. The highest BCUT2D eigenvalue weighted by Crippen LogP contribution is 2.22. The summed E-state index contributed by atoms with van der Waals surface area (Å²) in [6.07, 6.45) is 2.94. The van der Waals surface area contributed by atoms with Gasteiger partial charge in [-0.25, -0.2) is 9.67 Å². The molecule has 6 heteroatoms. The molecule has 2 aromatic heterocycles. The number of amides is 1. The zero-order chi connectivity index (χ0) is 14.8. The van der Waals surface area contributed by atoms with Crippen molar-refractivity contribution in [3.8, 4) is 0 Å². The van der Waals surface area contributed by atoms with Crippen molar-refractivity contribution < 1.29 is 4.79 Å². The topological polar surface area (TPSA) is 75.6 Å². The molecule has 6 nitrogen and oxygen atoms in total. The molecule has 108 valence electrons. The van der Waals surface area contributed by atoms with Crippen molar-refractivity contribution in [1.29, 1.82) is 0 Å². The average Bonchev–Trinajstić information content (AvgIpc) is 3.07. The molecule has 0 bridgehead atoms. The van der Waals surface area contributed by atoms with Gasteiger partial charge in [-0.3, -0.25) is 4.79 Å². The lowest BCUT2D eigenvalue weighted by molar-refractivity contribution is -0.122. The molecule has 1 aromatic carbocycles. The molecule has 3 rings (SSSR count). The first-order valence-electron chi connectivity index (χ1n) is 6.80. The minimum atomic E-state index is -0.0810. The Morgan fingerprint density at radius 2 is 2.24 bits per heavy atom. The standard InChI is InChI=1S/C15H17N5O/c1-10-11(2)19-14-4-3-12(5-13(10)14)6-17-15(21)7-20-9-16-8-18-20/h3-5,8-9,19H,6-7H2,1-2H3,(H,17,21). The van der Waals surface area contributed by atoms with E-state index in [2.05, 4.69) is 40.3 Å². The normalized spacial score (nSPS) is 11.0. The van der Waals surface area contributed by atoms with Gasteiger partial charge in [-0.05, 0) is 37.1 Å². The first-order valence-corrected chi connectivity index (χ1v) is 6.80. The lowest BCUT2D eigenvalue weighted by atomic mass is 10.1. The highest BCUT2D eigenvalue weighted by Gasteiger charge is 2.06. The summed E-state index contributed by atoms with van der Waals surface area (Å²) >= 11 is 0. The molecule has 0 aliphatic rings. The van der Waals surface area contributed by atoms with Crippen molar-refractivity contribution in [2.75, 3.05) is 0 Å². The van der Waals surface area contributed by atoms with E-state index < -0.39 is 0 Å². The Hall–Kier alpha value is -2.63. The summed E-state index contributed by atoms with van der Waals surface area (Å²) in [4.78, 5) is 19.0. The van der Waals surface area contributed by atoms with E-state index in [4.69, 9.17) is 0 Å². The fourth-order valence-electron chi connectivity index (χ4n) is 2.34. The summed E-state index contributed by atoms with van der Waals surface area (Å²) < 4.78 is 1.50. The molecule has 2 N–H and O–H groups in total. The molecule has 1 amide bonds. The Morgan fingerprint density at radius 3 is 3.00 bits per heavy atom. The van der Waals surface area contributed by atoms with E-state index in [9.17, 15) is 4.79 Å². The number of nitrogens with zero attached hydrogens (tertiary/aromatic N) is 3. The smallest absolute Gasteiger partial charge is 0.242 e. The van der Waals surface area contributed by atoms with Crippen LogP contribution in [0, 0.1) is 13.8 Å². The maximum Gasteiger partial charge on any atom is 0.242 e. The maximum atomic E-state index is 11.8. The molecule has 0 fully saturated rings. The van der Waals surface area contributed by atoms with Gasteiger partial charge in [-0.15, -0.1) is 0 Å². The van der Waals surface area contributed by atoms with Gasteiger partial charge in [0.05, 0.1) is 0 Å². The van der Waals surface area contributed by atoms with Crippen LogP contribution in [0.25, 0.3) is 10.9 Å². The third kappa shape index (κ3) is 2.79. The number of nitrogens with one attached hydrogen (secondary N) is 2. The summed E-state index contributed by atoms with van der Waals surface area (Å²) in [5.41, 5.74) is 4.64. The number of H-pyrrole nitrogens is 1. The van der Waals surface area contributed by atoms with Crippen molar-refractivity contribution in [3.05, 3.63) is 47.7 Å². The Labute approximate surface area is 122 Å². The van der Waals surface area contributed by atoms with Crippen LogP contribution in [-0.4, -0.2) is 25.7 Å². The zero-order valence-electron chi connectivity index (χ0n) is 12.1. The predicted octanol–water partition coefficient (Wildman–Crippen LogP) is 1.69. The van der Waals surface area contributed by atoms with E-state index in [1.165, 1.54) is 34.0 Å². The van der Waals surface area contributed by atoms with Gasteiger partial charge in [0.15, 0.2) is 0 Å². The number of carbonyl (C=O) groups is 1. The molecular formula is C15H17N5O. The van der Waals surface area contributed by atoms with Crippen LogP contribution in [0.3, 0.4) is 0 Å². The van der Waals surface area contributed by atoms with Crippen molar-refractivity contribution in [2.45, 2.75) is 26.9 Å². The second-order valence-corrected chi connectivity index (χ2v) is 5.12. The Morgan fingerprint density at radius 1 is 1.38 bits per heavy atom. The molecule has 0 saturated heterocycles. The number of benzene rings is 1. The molecule has 0 unspecified atom stereocenters. The Balaban J connectivity index is 1.67. The van der Waals surface area contributed by atoms with Crippen LogP contribution in [0.1, 0.15) is 16.8 Å². The highest BCUT2D eigenvalue weighted by atomic mass is 16.2. The number of aromatic amines is 1. The molecule has 0 saturated carbocycles. The SMILES string of the molecule is Cc1[nH]c2ccc(CNC(=O)Cn3cncn3)cc2c1C. The number of rotatable bonds is 4. The van der Waals surface area contributed by atoms with Crippen LogP contribution < -0.4 is 5.32 Å². The average molecular weight is 283 g/mol. The van der Waals surface area contributed by atoms with Crippen LogP contribution in [-0.2, 0) is 17.9 Å². The van der Waals surface area contributed by atoms with E-state index in [-0.39, 0.29) is 12.5 Å². The molecule has 0 aliphatic carbocycles. The predicted molar refractivity (Wildman–Crippen MR) is 79.6 cm³/mol. The van der Waals surface area contributed by atoms with Crippen LogP contribution in [0.15, 0.2) is 30.9 Å². The number of aryl methyl sites for hydroxylation is 2. The van der Waals surface area contributed by atoms with Crippen molar-refractivity contribution >= 4 is 16.8 Å². The maximum absolute atomic E-state index is 11.8. The first-order chi connectivity index (χ1) is 10.1. The number of hydrogen-bond donors (Lipinski definition) is 2. The number of hydrogen-bond acceptors (Lipinski definition) is 3. The van der Waals surface area contributed by atoms with E-state index in [0.717, 1.165) is 11.1 Å². The summed E-state index contributed by atoms with van der Waals surface area (Å²) in [5.74, 6) is -0.0810. The van der Waals surface area contributed by atoms with Crippen molar-refractivity contribution in [3.63, 3.8) is 0 Å². The highest BCUT2D eigenvalue weighted by molar-refractivity contribution is 5.85. The quantitative estimate of drug-likeness (QED) is 0.765. The molecule has 21 heavy (non-hydrogen) atoms. The monoisotopic (exact) mass is 283 g/mol. The lowest BCUT2D eigenvalue weighted by Gasteiger charge is -2.06. The number of aromatic nitrogens is 4. The molecule has 0 aliphatic heterocycles. The van der Waals surface area contributed by atoms with Crippen LogP contribution in [0.5, 0.6) is 0 Å². The first kappa shape index (κ1) is 13.4. The van der Waals surface area contributed by atoms with Gasteiger partial charge in [0, 0.05) is 23.1 Å². The van der Waals surface area contributed by atoms with Crippen molar-refractivity contribution in [1.82, 2.24) is 25.1 Å². The summed E-state index contributed by atoms with van der Waals surface area (Å²) in [7, 11) is 0. The number of carbonyl (C=O) groups excluding carboxylic acids is 1. The fourth-order valence-corrected chi connectivity index (χ4v) is 2.34. The minimum absolute atomic E-state index is 0.0810. The molecule has 0 atom stereocenters. The van der Waals surface area contributed by atoms with Crippen LogP contribution >= 0.6 is 0 Å². The molecule has 3 aromatic rings. The van der Waals surface area contributed by atoms with Gasteiger partial charge in [0.25, 0.3) is 0 Å². The Bertz CT molecular complexity index is 773. The molecule has 0 radical (unpaired) electrons. The summed E-state index contributed by atoms with van der Waals surface area (Å²) in [6, 6.07) is 6.19. The second kappa shape index (κ2) is 5.40. The van der Waals surface area contributed by atoms with Gasteiger partial charge in [-0.1, -0.05) is 6.07 Å². The molecule has 2 heterocycles. The van der Waals surface area contributed by atoms with Gasteiger partial charge in [0.1, 0.15) is 19.2 Å². The third-order valence-corrected chi connectivity index (χ3v) is 3.63. The molecular weight excluding hydrogens is 266 g/mol. The van der Waals surface area contributed by atoms with Crippen LogP contribution in [0.4, 0.5) is 0 Å². The van der Waals surface area contributed by atoms with E-state index >= 15 is 0 Å². The minimum Gasteiger partial charge on any atom is -0.358 e. The van der Waals surface area contributed by atoms with Gasteiger partial charge in [-0.2, -0.15) is 5.10 Å². The van der Waals surface area contributed by atoms with E-state index in [0.29, 0.717) is 6.54 Å². The largest absolute Gasteiger partial charge is 0.358 e. The number of fused-ring (bicyclic) bond motifs is 1. The third-order valence-electron chi connectivity index (χ3n) is 3.63. The second-order valence-electron chi connectivity index (χ2n) is 5.12. The van der Waals surface area contributed by atoms with Gasteiger partial charge >= 0.3 is 0 Å². The Kier molecular flexibility index (Phi) is 3.43. The van der Waals surface area contributed by atoms with E-state index in [1.54, 1.807) is 0 Å². The summed E-state index contributed by atoms with van der Waals surface area (Å²) in [5, 5.41) is 8.00. The fraction of sp³-hybridized carbons (Fsp3) is 0.267. The van der Waals surface area contributed by atoms with Gasteiger partial charge in [0.2, 0.25) is 5.91 Å². The molecule has 0 spiro atoms. The van der Waals surface area contributed by atoms with Crippen LogP contribution in [0.2, 0.25) is 0 Å². The van der Waals surface area contributed by atoms with E-state index in [1.807, 2.05) is 12.1 Å².